The van der Waals surface area contributed by atoms with Crippen molar-refractivity contribution in [1.29, 1.82) is 0 Å². The molecule has 14 heteroatoms. The normalized spacial score (nSPS) is 11.8. The van der Waals surface area contributed by atoms with Gasteiger partial charge in [-0.05, 0) is 37.1 Å². The monoisotopic (exact) mass is 642 g/mol. The number of hydrogen-bond donors (Lipinski definition) is 3. The minimum Gasteiger partial charge on any atom is -0.494 e. The number of aryl methyl sites for hydroxylation is 1. The third-order valence-electron chi connectivity index (χ3n) is 7.31. The molecule has 0 spiro atoms. The van der Waals surface area contributed by atoms with Crippen molar-refractivity contribution < 1.29 is 23.9 Å². The van der Waals surface area contributed by atoms with E-state index in [1.54, 1.807) is 69.8 Å². The Hall–Kier alpha value is -5.79. The van der Waals surface area contributed by atoms with E-state index in [1.807, 2.05) is 6.07 Å². The number of hydrogen-bond acceptors (Lipinski definition) is 11. The molecule has 1 aliphatic carbocycles. The molecule has 0 unspecified atom stereocenters. The standard InChI is InChI=1S/C29H32N8O5.C4H6O/c1-30-23-15-22(24(35-34-23)26(38)31-2)32-20-11-7-10-18(25(20)41-5)19-12-13-21(33-27(19)42-6)29(40)37(4)16-17-9-8-14-36(3)28(17)39;5-3-4-1-2-4/h7-15H,16H2,1-6H3,(H,31,38)(H2,30,32,34);3-4H,1-2H2. The Labute approximate surface area is 272 Å². The number of anilines is 3. The number of aldehydes is 1. The minimum absolute atomic E-state index is 0.101. The van der Waals surface area contributed by atoms with Gasteiger partial charge in [-0.25, -0.2) is 4.98 Å². The molecule has 1 fully saturated rings. The molecule has 0 radical (unpaired) electrons. The summed E-state index contributed by atoms with van der Waals surface area (Å²) >= 11 is 0. The van der Waals surface area contributed by atoms with Gasteiger partial charge in [-0.15, -0.1) is 10.2 Å². The predicted molar refractivity (Wildman–Crippen MR) is 177 cm³/mol. The lowest BCUT2D eigenvalue weighted by atomic mass is 10.0. The third kappa shape index (κ3) is 8.09. The lowest BCUT2D eigenvalue weighted by Crippen LogP contribution is -2.31. The quantitative estimate of drug-likeness (QED) is 0.205. The summed E-state index contributed by atoms with van der Waals surface area (Å²) in [4.78, 5) is 53.5. The Balaban J connectivity index is 0.000000912. The number of para-hydroxylation sites is 1. The van der Waals surface area contributed by atoms with Crippen LogP contribution < -0.4 is 31.0 Å². The summed E-state index contributed by atoms with van der Waals surface area (Å²) in [6, 6.07) is 13.8. The number of rotatable bonds is 11. The van der Waals surface area contributed by atoms with E-state index in [9.17, 15) is 19.2 Å². The Kier molecular flexibility index (Phi) is 11.2. The number of carbonyl (C=O) groups is 3. The van der Waals surface area contributed by atoms with Gasteiger partial charge in [0.05, 0.1) is 32.1 Å². The van der Waals surface area contributed by atoms with E-state index < -0.39 is 5.91 Å². The summed E-state index contributed by atoms with van der Waals surface area (Å²) in [6.45, 7) is 0.122. The zero-order chi connectivity index (χ0) is 34.1. The second kappa shape index (κ2) is 15.5. The maximum absolute atomic E-state index is 13.2. The van der Waals surface area contributed by atoms with Gasteiger partial charge in [0.2, 0.25) is 5.88 Å². The first-order valence-electron chi connectivity index (χ1n) is 14.8. The summed E-state index contributed by atoms with van der Waals surface area (Å²) in [5, 5.41) is 16.7. The van der Waals surface area contributed by atoms with Gasteiger partial charge in [-0.1, -0.05) is 18.2 Å². The largest absolute Gasteiger partial charge is 0.494 e. The van der Waals surface area contributed by atoms with Gasteiger partial charge in [0.1, 0.15) is 17.7 Å². The molecule has 1 saturated carbocycles. The van der Waals surface area contributed by atoms with Crippen LogP contribution in [0, 0.1) is 5.92 Å². The van der Waals surface area contributed by atoms with Gasteiger partial charge >= 0.3 is 0 Å². The molecule has 1 aromatic carbocycles. The average Bonchev–Trinajstić information content (AvgIpc) is 3.94. The molecular formula is C33H38N8O6. The molecular weight excluding hydrogens is 604 g/mol. The van der Waals surface area contributed by atoms with Crippen LogP contribution in [0.2, 0.25) is 0 Å². The first kappa shape index (κ1) is 34.1. The van der Waals surface area contributed by atoms with E-state index in [4.69, 9.17) is 9.47 Å². The number of pyridine rings is 2. The second-order valence-electron chi connectivity index (χ2n) is 10.7. The summed E-state index contributed by atoms with van der Waals surface area (Å²) in [7, 11) is 9.46. The topological polar surface area (TPSA) is 170 Å². The molecule has 5 rings (SSSR count). The van der Waals surface area contributed by atoms with E-state index >= 15 is 0 Å². The highest BCUT2D eigenvalue weighted by atomic mass is 16.5. The highest BCUT2D eigenvalue weighted by Crippen LogP contribution is 2.41. The van der Waals surface area contributed by atoms with Crippen LogP contribution in [-0.4, -0.2) is 78.1 Å². The van der Waals surface area contributed by atoms with E-state index in [-0.39, 0.29) is 35.3 Å². The molecule has 14 nitrogen and oxygen atoms in total. The maximum Gasteiger partial charge on any atom is 0.273 e. The van der Waals surface area contributed by atoms with E-state index in [1.165, 1.54) is 30.7 Å². The average molecular weight is 643 g/mol. The zero-order valence-electron chi connectivity index (χ0n) is 27.2. The lowest BCUT2D eigenvalue weighted by molar-refractivity contribution is -0.108. The van der Waals surface area contributed by atoms with Crippen LogP contribution in [-0.2, 0) is 18.4 Å². The molecule has 47 heavy (non-hydrogen) atoms. The van der Waals surface area contributed by atoms with E-state index in [0.717, 1.165) is 19.1 Å². The van der Waals surface area contributed by atoms with Crippen LogP contribution >= 0.6 is 0 Å². The van der Waals surface area contributed by atoms with Crippen LogP contribution in [0.15, 0.2) is 59.5 Å². The first-order chi connectivity index (χ1) is 22.6. The Morgan fingerprint density at radius 2 is 1.79 bits per heavy atom. The molecule has 0 bridgehead atoms. The summed E-state index contributed by atoms with van der Waals surface area (Å²) < 4.78 is 12.8. The fraction of sp³-hybridized carbons (Fsp3) is 0.303. The molecule has 3 heterocycles. The Bertz CT molecular complexity index is 1820. The predicted octanol–water partition coefficient (Wildman–Crippen LogP) is 3.27. The van der Waals surface area contributed by atoms with Crippen molar-refractivity contribution in [2.24, 2.45) is 13.0 Å². The van der Waals surface area contributed by atoms with Gasteiger partial charge in [-0.2, -0.15) is 0 Å². The first-order valence-corrected chi connectivity index (χ1v) is 14.8. The number of ether oxygens (including phenoxy) is 2. The van der Waals surface area contributed by atoms with Crippen LogP contribution in [0.4, 0.5) is 17.2 Å². The molecule has 2 amide bonds. The van der Waals surface area contributed by atoms with Crippen molar-refractivity contribution >= 4 is 35.3 Å². The van der Waals surface area contributed by atoms with Gasteiger partial charge < -0.3 is 39.7 Å². The van der Waals surface area contributed by atoms with Crippen molar-refractivity contribution in [3.63, 3.8) is 0 Å². The number of amides is 2. The smallest absolute Gasteiger partial charge is 0.273 e. The van der Waals surface area contributed by atoms with Crippen molar-refractivity contribution in [2.45, 2.75) is 19.4 Å². The number of nitrogens with zero attached hydrogens (tertiary/aromatic N) is 5. The summed E-state index contributed by atoms with van der Waals surface area (Å²) in [5.74, 6) is 0.778. The highest BCUT2D eigenvalue weighted by Gasteiger charge is 2.22. The fourth-order valence-corrected chi connectivity index (χ4v) is 4.56. The summed E-state index contributed by atoms with van der Waals surface area (Å²) in [5.41, 5.74) is 2.72. The zero-order valence-corrected chi connectivity index (χ0v) is 27.2. The highest BCUT2D eigenvalue weighted by molar-refractivity contribution is 5.99. The number of benzene rings is 1. The molecule has 1 aliphatic rings. The van der Waals surface area contributed by atoms with Crippen molar-refractivity contribution in [2.75, 3.05) is 46.0 Å². The maximum atomic E-state index is 13.2. The van der Waals surface area contributed by atoms with Gasteiger partial charge in [0, 0.05) is 63.1 Å². The Morgan fingerprint density at radius 1 is 1.02 bits per heavy atom. The minimum atomic E-state index is -0.411. The number of aromatic nitrogens is 4. The van der Waals surface area contributed by atoms with Gasteiger partial charge in [-0.3, -0.25) is 14.4 Å². The fourth-order valence-electron chi connectivity index (χ4n) is 4.56. The van der Waals surface area contributed by atoms with Crippen LogP contribution in [0.25, 0.3) is 11.1 Å². The second-order valence-corrected chi connectivity index (χ2v) is 10.7. The molecule has 4 aromatic rings. The molecule has 3 aromatic heterocycles. The molecule has 3 N–H and O–H groups in total. The van der Waals surface area contributed by atoms with Crippen LogP contribution in [0.3, 0.4) is 0 Å². The van der Waals surface area contributed by atoms with Crippen molar-refractivity contribution in [3.05, 3.63) is 82.0 Å². The van der Waals surface area contributed by atoms with E-state index in [0.29, 0.717) is 45.6 Å². The van der Waals surface area contributed by atoms with Gasteiger partial charge in [0.15, 0.2) is 11.5 Å². The van der Waals surface area contributed by atoms with Crippen LogP contribution in [0.5, 0.6) is 11.6 Å². The number of nitrogens with one attached hydrogen (secondary N) is 3. The number of methoxy groups -OCH3 is 2. The molecule has 0 atom stereocenters. The molecule has 0 aliphatic heterocycles. The summed E-state index contributed by atoms with van der Waals surface area (Å²) in [6.07, 6.45) is 4.97. The van der Waals surface area contributed by atoms with Crippen LogP contribution in [0.1, 0.15) is 39.4 Å². The third-order valence-corrected chi connectivity index (χ3v) is 7.31. The van der Waals surface area contributed by atoms with E-state index in [2.05, 4.69) is 31.1 Å². The van der Waals surface area contributed by atoms with Crippen molar-refractivity contribution in [3.8, 4) is 22.8 Å². The molecule has 0 saturated heterocycles. The van der Waals surface area contributed by atoms with Crippen molar-refractivity contribution in [1.82, 2.24) is 30.0 Å². The number of carbonyl (C=O) groups excluding carboxylic acids is 3. The van der Waals surface area contributed by atoms with Gasteiger partial charge in [0.25, 0.3) is 17.4 Å². The molecule has 246 valence electrons. The SMILES string of the molecule is CNC(=O)c1nnc(NC)cc1Nc1cccc(-c2ccc(C(=O)N(C)Cc3cccn(C)c3=O)nc2OC)c1OC.O=CC1CC1. The lowest BCUT2D eigenvalue weighted by Gasteiger charge is -2.19. The Morgan fingerprint density at radius 3 is 2.40 bits per heavy atom.